The van der Waals surface area contributed by atoms with Crippen LogP contribution in [0.3, 0.4) is 0 Å². The molecule has 1 amide bonds. The van der Waals surface area contributed by atoms with Crippen molar-refractivity contribution in [3.05, 3.63) is 18.2 Å². The van der Waals surface area contributed by atoms with E-state index < -0.39 is 0 Å². The summed E-state index contributed by atoms with van der Waals surface area (Å²) in [6.07, 6.45) is 6.13. The Hall–Kier alpha value is -1.36. The van der Waals surface area contributed by atoms with Crippen LogP contribution in [0.25, 0.3) is 0 Å². The summed E-state index contributed by atoms with van der Waals surface area (Å²) in [5.41, 5.74) is 0. The molecule has 0 aromatic carbocycles. The molecule has 2 rings (SSSR count). The van der Waals surface area contributed by atoms with E-state index in [4.69, 9.17) is 0 Å². The van der Waals surface area contributed by atoms with Crippen LogP contribution < -0.4 is 10.6 Å². The van der Waals surface area contributed by atoms with Crippen LogP contribution in [0.2, 0.25) is 0 Å². The van der Waals surface area contributed by atoms with Gasteiger partial charge in [0.25, 0.3) is 0 Å². The lowest BCUT2D eigenvalue weighted by atomic mass is 10.2. The third-order valence-corrected chi connectivity index (χ3v) is 2.95. The molecule has 1 aliphatic rings. The van der Waals surface area contributed by atoms with Crippen LogP contribution in [0.1, 0.15) is 32.5 Å². The molecule has 100 valence electrons. The van der Waals surface area contributed by atoms with E-state index in [9.17, 15) is 4.79 Å². The summed E-state index contributed by atoms with van der Waals surface area (Å²) in [6, 6.07) is 0.657. The van der Waals surface area contributed by atoms with Crippen molar-refractivity contribution in [3.63, 3.8) is 0 Å². The third kappa shape index (κ3) is 4.14. The van der Waals surface area contributed by atoms with E-state index in [1.54, 1.807) is 6.20 Å². The number of rotatable bonds is 7. The highest BCUT2D eigenvalue weighted by Crippen LogP contribution is 2.18. The first kappa shape index (κ1) is 13.1. The molecule has 0 radical (unpaired) electrons. The fourth-order valence-corrected chi connectivity index (χ4v) is 1.70. The van der Waals surface area contributed by atoms with Gasteiger partial charge in [0.15, 0.2) is 0 Å². The normalized spacial score (nSPS) is 15.1. The van der Waals surface area contributed by atoms with Gasteiger partial charge >= 0.3 is 0 Å². The fourth-order valence-electron chi connectivity index (χ4n) is 1.70. The van der Waals surface area contributed by atoms with Crippen molar-refractivity contribution >= 4 is 5.91 Å². The first-order chi connectivity index (χ1) is 8.65. The molecule has 0 aliphatic heterocycles. The second-order valence-electron chi connectivity index (χ2n) is 5.32. The molecular formula is C13H22N4O. The summed E-state index contributed by atoms with van der Waals surface area (Å²) in [6.45, 7) is 6.00. The first-order valence-electron chi connectivity index (χ1n) is 6.65. The predicted molar refractivity (Wildman–Crippen MR) is 69.9 cm³/mol. The molecule has 18 heavy (non-hydrogen) atoms. The smallest absolute Gasteiger partial charge is 0.239 e. The van der Waals surface area contributed by atoms with Gasteiger partial charge in [-0.3, -0.25) is 4.79 Å². The van der Waals surface area contributed by atoms with Crippen molar-refractivity contribution in [2.75, 3.05) is 6.54 Å². The minimum Gasteiger partial charge on any atom is -0.354 e. The van der Waals surface area contributed by atoms with E-state index in [2.05, 4.69) is 29.5 Å². The molecule has 1 heterocycles. The molecule has 0 unspecified atom stereocenters. The van der Waals surface area contributed by atoms with E-state index in [-0.39, 0.29) is 5.91 Å². The molecule has 1 saturated carbocycles. The Morgan fingerprint density at radius 1 is 1.56 bits per heavy atom. The average Bonchev–Trinajstić information content (AvgIpc) is 3.05. The molecule has 2 N–H and O–H groups in total. The van der Waals surface area contributed by atoms with Crippen LogP contribution in [0.15, 0.2) is 12.4 Å². The Bertz CT molecular complexity index is 395. The van der Waals surface area contributed by atoms with Gasteiger partial charge in [0.2, 0.25) is 5.91 Å². The molecule has 5 nitrogen and oxygen atoms in total. The summed E-state index contributed by atoms with van der Waals surface area (Å²) < 4.78 is 1.91. The van der Waals surface area contributed by atoms with Gasteiger partial charge in [-0.25, -0.2) is 4.98 Å². The van der Waals surface area contributed by atoms with Gasteiger partial charge in [0.05, 0.1) is 6.54 Å². The molecule has 0 atom stereocenters. The van der Waals surface area contributed by atoms with Gasteiger partial charge in [0.1, 0.15) is 12.4 Å². The number of carbonyl (C=O) groups excluding carboxylic acids is 1. The fraction of sp³-hybridized carbons (Fsp3) is 0.692. The first-order valence-corrected chi connectivity index (χ1v) is 6.65. The van der Waals surface area contributed by atoms with Gasteiger partial charge in [-0.2, -0.15) is 0 Å². The largest absolute Gasteiger partial charge is 0.354 e. The van der Waals surface area contributed by atoms with Crippen molar-refractivity contribution in [3.8, 4) is 0 Å². The summed E-state index contributed by atoms with van der Waals surface area (Å²) in [5.74, 6) is 1.46. The highest BCUT2D eigenvalue weighted by Gasteiger charge is 2.20. The van der Waals surface area contributed by atoms with E-state index in [0.29, 0.717) is 18.5 Å². The minimum absolute atomic E-state index is 0.0503. The third-order valence-electron chi connectivity index (χ3n) is 2.95. The van der Waals surface area contributed by atoms with E-state index in [1.807, 2.05) is 10.8 Å². The number of nitrogens with zero attached hydrogens (tertiary/aromatic N) is 2. The van der Waals surface area contributed by atoms with E-state index in [1.165, 1.54) is 12.8 Å². The summed E-state index contributed by atoms with van der Waals surface area (Å²) in [4.78, 5) is 16.0. The van der Waals surface area contributed by atoms with Crippen molar-refractivity contribution in [2.45, 2.75) is 45.8 Å². The lowest BCUT2D eigenvalue weighted by Gasteiger charge is -2.10. The summed E-state index contributed by atoms with van der Waals surface area (Å²) in [5, 5.41) is 6.32. The molecule has 1 fully saturated rings. The monoisotopic (exact) mass is 250 g/mol. The van der Waals surface area contributed by atoms with E-state index in [0.717, 1.165) is 18.9 Å². The predicted octanol–water partition coefficient (Wildman–Crippen LogP) is 0.907. The molecule has 0 bridgehead atoms. The molecule has 0 saturated heterocycles. The maximum Gasteiger partial charge on any atom is 0.239 e. The number of nitrogens with one attached hydrogen (secondary N) is 2. The Morgan fingerprint density at radius 3 is 3.00 bits per heavy atom. The maximum atomic E-state index is 11.7. The molecule has 1 aromatic rings. The lowest BCUT2D eigenvalue weighted by molar-refractivity contribution is -0.121. The molecule has 1 aromatic heterocycles. The zero-order valence-electron chi connectivity index (χ0n) is 11.1. The minimum atomic E-state index is 0.0503. The number of hydrogen-bond acceptors (Lipinski definition) is 3. The van der Waals surface area contributed by atoms with Crippen molar-refractivity contribution in [1.29, 1.82) is 0 Å². The zero-order valence-corrected chi connectivity index (χ0v) is 11.1. The topological polar surface area (TPSA) is 59.0 Å². The van der Waals surface area contributed by atoms with Crippen LogP contribution in [-0.4, -0.2) is 28.0 Å². The van der Waals surface area contributed by atoms with Crippen molar-refractivity contribution in [1.82, 2.24) is 20.2 Å². The number of amides is 1. The summed E-state index contributed by atoms with van der Waals surface area (Å²) in [7, 11) is 0. The van der Waals surface area contributed by atoms with Crippen molar-refractivity contribution in [2.24, 2.45) is 5.92 Å². The highest BCUT2D eigenvalue weighted by atomic mass is 16.1. The van der Waals surface area contributed by atoms with Crippen LogP contribution in [-0.2, 0) is 17.9 Å². The Morgan fingerprint density at radius 2 is 2.33 bits per heavy atom. The van der Waals surface area contributed by atoms with E-state index >= 15 is 0 Å². The van der Waals surface area contributed by atoms with Crippen LogP contribution >= 0.6 is 0 Å². The highest BCUT2D eigenvalue weighted by molar-refractivity contribution is 5.75. The Labute approximate surface area is 108 Å². The van der Waals surface area contributed by atoms with Gasteiger partial charge in [0, 0.05) is 25.0 Å². The molecular weight excluding hydrogens is 228 g/mol. The van der Waals surface area contributed by atoms with Gasteiger partial charge in [-0.05, 0) is 18.8 Å². The quantitative estimate of drug-likeness (QED) is 0.756. The molecule has 0 spiro atoms. The second-order valence-corrected chi connectivity index (χ2v) is 5.32. The number of aromatic nitrogens is 2. The SMILES string of the molecule is CC(C)CNC(=O)Cn1ccnc1CNC1CC1. The average molecular weight is 250 g/mol. The molecule has 5 heteroatoms. The van der Waals surface area contributed by atoms with Gasteiger partial charge in [-0.1, -0.05) is 13.8 Å². The standard InChI is InChI=1S/C13H22N4O/c1-10(2)7-16-13(18)9-17-6-5-14-12(17)8-15-11-3-4-11/h5-6,10-11,15H,3-4,7-9H2,1-2H3,(H,16,18). The van der Waals surface area contributed by atoms with Gasteiger partial charge < -0.3 is 15.2 Å². The van der Waals surface area contributed by atoms with Crippen LogP contribution in [0.4, 0.5) is 0 Å². The Balaban J connectivity index is 1.80. The number of hydrogen-bond donors (Lipinski definition) is 2. The van der Waals surface area contributed by atoms with Gasteiger partial charge in [-0.15, -0.1) is 0 Å². The summed E-state index contributed by atoms with van der Waals surface area (Å²) >= 11 is 0. The zero-order chi connectivity index (χ0) is 13.0. The van der Waals surface area contributed by atoms with Crippen LogP contribution in [0.5, 0.6) is 0 Å². The number of imidazole rings is 1. The maximum absolute atomic E-state index is 11.7. The molecule has 1 aliphatic carbocycles. The van der Waals surface area contributed by atoms with Crippen molar-refractivity contribution < 1.29 is 4.79 Å². The van der Waals surface area contributed by atoms with Crippen LogP contribution in [0, 0.1) is 5.92 Å². The Kier molecular flexibility index (Phi) is 4.36. The number of carbonyl (C=O) groups is 1. The lowest BCUT2D eigenvalue weighted by Crippen LogP contribution is -2.31. The second kappa shape index (κ2) is 6.00.